The molecule has 0 radical (unpaired) electrons. The monoisotopic (exact) mass is 229 g/mol. The van der Waals surface area contributed by atoms with Gasteiger partial charge < -0.3 is 10.1 Å². The van der Waals surface area contributed by atoms with E-state index >= 15 is 0 Å². The minimum absolute atomic E-state index is 0.789. The van der Waals surface area contributed by atoms with Crippen LogP contribution in [0, 0.1) is 11.8 Å². The highest BCUT2D eigenvalue weighted by Crippen LogP contribution is 2.18. The lowest BCUT2D eigenvalue weighted by molar-refractivity contribution is 0.195. The van der Waals surface area contributed by atoms with Gasteiger partial charge in [0.15, 0.2) is 0 Å². The Hall–Kier alpha value is -0.0800. The van der Waals surface area contributed by atoms with Crippen LogP contribution >= 0.6 is 0 Å². The van der Waals surface area contributed by atoms with Crippen molar-refractivity contribution in [1.29, 1.82) is 0 Å². The van der Waals surface area contributed by atoms with Gasteiger partial charge in [0, 0.05) is 13.7 Å². The van der Waals surface area contributed by atoms with E-state index in [2.05, 4.69) is 26.1 Å². The largest absolute Gasteiger partial charge is 0.383 e. The van der Waals surface area contributed by atoms with Gasteiger partial charge >= 0.3 is 0 Å². The Morgan fingerprint density at radius 1 is 1.12 bits per heavy atom. The first-order chi connectivity index (χ1) is 7.72. The van der Waals surface area contributed by atoms with Gasteiger partial charge in [0.05, 0.1) is 6.61 Å². The molecule has 2 nitrogen and oxygen atoms in total. The van der Waals surface area contributed by atoms with Gasteiger partial charge in [-0.15, -0.1) is 0 Å². The SMILES string of the molecule is CCCCCCC(CNCCOC)C(C)C. The standard InChI is InChI=1S/C14H31NO/c1-5-6-7-8-9-14(13(2)3)12-15-10-11-16-4/h13-15H,5-12H2,1-4H3. The van der Waals surface area contributed by atoms with E-state index < -0.39 is 0 Å². The van der Waals surface area contributed by atoms with Crippen LogP contribution in [-0.4, -0.2) is 26.8 Å². The van der Waals surface area contributed by atoms with E-state index in [0.29, 0.717) is 0 Å². The second-order valence-electron chi connectivity index (χ2n) is 5.05. The molecule has 0 aliphatic rings. The molecule has 0 aliphatic carbocycles. The highest BCUT2D eigenvalue weighted by molar-refractivity contribution is 4.66. The van der Waals surface area contributed by atoms with Gasteiger partial charge in [-0.3, -0.25) is 0 Å². The molecule has 0 spiro atoms. The summed E-state index contributed by atoms with van der Waals surface area (Å²) in [7, 11) is 1.76. The number of methoxy groups -OCH3 is 1. The molecular formula is C14H31NO. The lowest BCUT2D eigenvalue weighted by Gasteiger charge is -2.21. The number of nitrogens with one attached hydrogen (secondary N) is 1. The summed E-state index contributed by atoms with van der Waals surface area (Å²) in [5, 5.41) is 3.48. The molecule has 0 aromatic rings. The Balaban J connectivity index is 3.54. The zero-order valence-corrected chi connectivity index (χ0v) is 11.7. The second-order valence-corrected chi connectivity index (χ2v) is 5.05. The van der Waals surface area contributed by atoms with Crippen molar-refractivity contribution in [3.8, 4) is 0 Å². The van der Waals surface area contributed by atoms with Crippen molar-refractivity contribution in [3.63, 3.8) is 0 Å². The molecule has 2 heteroatoms. The fourth-order valence-electron chi connectivity index (χ4n) is 1.97. The van der Waals surface area contributed by atoms with E-state index in [1.165, 1.54) is 32.1 Å². The zero-order chi connectivity index (χ0) is 12.2. The number of unbranched alkanes of at least 4 members (excludes halogenated alkanes) is 3. The predicted molar refractivity (Wildman–Crippen MR) is 71.8 cm³/mol. The first kappa shape index (κ1) is 15.9. The minimum Gasteiger partial charge on any atom is -0.383 e. The van der Waals surface area contributed by atoms with Gasteiger partial charge in [0.2, 0.25) is 0 Å². The Bertz CT molecular complexity index is 125. The van der Waals surface area contributed by atoms with Crippen molar-refractivity contribution in [2.75, 3.05) is 26.8 Å². The van der Waals surface area contributed by atoms with Crippen LogP contribution in [0.2, 0.25) is 0 Å². The van der Waals surface area contributed by atoms with Crippen molar-refractivity contribution in [3.05, 3.63) is 0 Å². The normalized spacial score (nSPS) is 13.3. The molecule has 0 saturated heterocycles. The fourth-order valence-corrected chi connectivity index (χ4v) is 1.97. The third kappa shape index (κ3) is 9.17. The average Bonchev–Trinajstić information content (AvgIpc) is 2.26. The van der Waals surface area contributed by atoms with Crippen molar-refractivity contribution in [2.24, 2.45) is 11.8 Å². The number of hydrogen-bond donors (Lipinski definition) is 1. The third-order valence-corrected chi connectivity index (χ3v) is 3.26. The van der Waals surface area contributed by atoms with E-state index in [-0.39, 0.29) is 0 Å². The lowest BCUT2D eigenvalue weighted by atomic mass is 9.90. The van der Waals surface area contributed by atoms with Crippen molar-refractivity contribution in [1.82, 2.24) is 5.32 Å². The summed E-state index contributed by atoms with van der Waals surface area (Å²) in [6.07, 6.45) is 6.89. The molecule has 98 valence electrons. The molecule has 1 N–H and O–H groups in total. The van der Waals surface area contributed by atoms with Gasteiger partial charge in [0.1, 0.15) is 0 Å². The van der Waals surface area contributed by atoms with Crippen LogP contribution in [0.4, 0.5) is 0 Å². The van der Waals surface area contributed by atoms with Crippen molar-refractivity contribution >= 4 is 0 Å². The highest BCUT2D eigenvalue weighted by atomic mass is 16.5. The second kappa shape index (κ2) is 11.4. The Kier molecular flexibility index (Phi) is 11.3. The van der Waals surface area contributed by atoms with E-state index in [1.54, 1.807) is 7.11 Å². The van der Waals surface area contributed by atoms with Crippen molar-refractivity contribution in [2.45, 2.75) is 52.9 Å². The molecule has 0 heterocycles. The van der Waals surface area contributed by atoms with Gasteiger partial charge in [-0.1, -0.05) is 46.5 Å². The predicted octanol–water partition coefficient (Wildman–Crippen LogP) is 3.47. The summed E-state index contributed by atoms with van der Waals surface area (Å²) in [6.45, 7) is 9.89. The first-order valence-corrected chi connectivity index (χ1v) is 6.92. The molecule has 0 amide bonds. The van der Waals surface area contributed by atoms with E-state index in [9.17, 15) is 0 Å². The summed E-state index contributed by atoms with van der Waals surface area (Å²) in [5.74, 6) is 1.62. The van der Waals surface area contributed by atoms with E-state index in [4.69, 9.17) is 4.74 Å². The van der Waals surface area contributed by atoms with E-state index in [0.717, 1.165) is 31.5 Å². The maximum atomic E-state index is 5.03. The molecule has 1 atom stereocenters. The highest BCUT2D eigenvalue weighted by Gasteiger charge is 2.12. The third-order valence-electron chi connectivity index (χ3n) is 3.26. The van der Waals surface area contributed by atoms with Gasteiger partial charge in [-0.2, -0.15) is 0 Å². The maximum Gasteiger partial charge on any atom is 0.0587 e. The van der Waals surface area contributed by atoms with Crippen LogP contribution in [0.1, 0.15) is 52.9 Å². The van der Waals surface area contributed by atoms with Crippen LogP contribution in [0.25, 0.3) is 0 Å². The molecule has 0 saturated carbocycles. The van der Waals surface area contributed by atoms with Crippen LogP contribution in [0.5, 0.6) is 0 Å². The number of ether oxygens (including phenoxy) is 1. The van der Waals surface area contributed by atoms with Gasteiger partial charge in [0.25, 0.3) is 0 Å². The summed E-state index contributed by atoms with van der Waals surface area (Å²) in [4.78, 5) is 0. The van der Waals surface area contributed by atoms with Crippen molar-refractivity contribution < 1.29 is 4.74 Å². The molecule has 16 heavy (non-hydrogen) atoms. The minimum atomic E-state index is 0.789. The Morgan fingerprint density at radius 2 is 1.88 bits per heavy atom. The molecule has 0 fully saturated rings. The summed E-state index contributed by atoms with van der Waals surface area (Å²) in [5.41, 5.74) is 0. The van der Waals surface area contributed by atoms with Crippen LogP contribution < -0.4 is 5.32 Å². The van der Waals surface area contributed by atoms with E-state index in [1.807, 2.05) is 0 Å². The lowest BCUT2D eigenvalue weighted by Crippen LogP contribution is -2.28. The molecule has 0 aromatic carbocycles. The maximum absolute atomic E-state index is 5.03. The Morgan fingerprint density at radius 3 is 2.44 bits per heavy atom. The molecule has 0 aliphatic heterocycles. The molecular weight excluding hydrogens is 198 g/mol. The molecule has 1 unspecified atom stereocenters. The van der Waals surface area contributed by atoms with Crippen LogP contribution in [0.15, 0.2) is 0 Å². The molecule has 0 rings (SSSR count). The summed E-state index contributed by atoms with van der Waals surface area (Å²) < 4.78 is 5.03. The fraction of sp³-hybridized carbons (Fsp3) is 1.00. The zero-order valence-electron chi connectivity index (χ0n) is 11.7. The number of rotatable bonds is 11. The average molecular weight is 229 g/mol. The van der Waals surface area contributed by atoms with Gasteiger partial charge in [-0.25, -0.2) is 0 Å². The number of hydrogen-bond acceptors (Lipinski definition) is 2. The van der Waals surface area contributed by atoms with Gasteiger partial charge in [-0.05, 0) is 24.8 Å². The smallest absolute Gasteiger partial charge is 0.0587 e. The van der Waals surface area contributed by atoms with Crippen LogP contribution in [-0.2, 0) is 4.74 Å². The van der Waals surface area contributed by atoms with Crippen LogP contribution in [0.3, 0.4) is 0 Å². The summed E-state index contributed by atoms with van der Waals surface area (Å²) >= 11 is 0. The summed E-state index contributed by atoms with van der Waals surface area (Å²) in [6, 6.07) is 0. The Labute approximate surface area is 102 Å². The molecule has 0 aromatic heterocycles. The first-order valence-electron chi connectivity index (χ1n) is 6.92. The quantitative estimate of drug-likeness (QED) is 0.548. The topological polar surface area (TPSA) is 21.3 Å². The molecule has 0 bridgehead atoms.